The fraction of sp³-hybridized carbons (Fsp3) is 0.667. The monoisotopic (exact) mass is 368 g/mol. The Bertz CT molecular complexity index is 657. The van der Waals surface area contributed by atoms with Crippen LogP contribution in [0.25, 0.3) is 0 Å². The van der Waals surface area contributed by atoms with Gasteiger partial charge in [0.2, 0.25) is 5.16 Å². The maximum Gasteiger partial charge on any atom is 0.337 e. The maximum atomic E-state index is 12.3. The van der Waals surface area contributed by atoms with Gasteiger partial charge in [0.1, 0.15) is 0 Å². The first kappa shape index (κ1) is 19.2. The number of thioether (sulfide) groups is 1. The highest BCUT2D eigenvalue weighted by molar-refractivity contribution is 7.99. The van der Waals surface area contributed by atoms with Crippen LogP contribution in [0.3, 0.4) is 0 Å². The van der Waals surface area contributed by atoms with Crippen molar-refractivity contribution in [1.29, 1.82) is 0 Å². The van der Waals surface area contributed by atoms with Gasteiger partial charge in [-0.25, -0.2) is 14.3 Å². The van der Waals surface area contributed by atoms with Crippen LogP contribution >= 0.6 is 11.8 Å². The molecule has 1 aromatic rings. The highest BCUT2D eigenvalue weighted by atomic mass is 32.2. The maximum absolute atomic E-state index is 12.3. The third-order valence-electron chi connectivity index (χ3n) is 3.53. The van der Waals surface area contributed by atoms with Crippen LogP contribution in [-0.2, 0) is 16.1 Å². The van der Waals surface area contributed by atoms with E-state index in [1.165, 1.54) is 11.8 Å². The molecule has 1 atom stereocenters. The lowest BCUT2D eigenvalue weighted by atomic mass is 10.0. The Morgan fingerprint density at radius 1 is 1.40 bits per heavy atom. The van der Waals surface area contributed by atoms with E-state index in [9.17, 15) is 9.59 Å². The molecule has 10 heteroatoms. The molecule has 1 unspecified atom stereocenters. The number of urea groups is 1. The van der Waals surface area contributed by atoms with Gasteiger partial charge < -0.3 is 15.4 Å². The summed E-state index contributed by atoms with van der Waals surface area (Å²) in [7, 11) is 0. The largest absolute Gasteiger partial charge is 0.463 e. The van der Waals surface area contributed by atoms with E-state index in [4.69, 9.17) is 4.74 Å². The van der Waals surface area contributed by atoms with Gasteiger partial charge in [-0.2, -0.15) is 0 Å². The van der Waals surface area contributed by atoms with Gasteiger partial charge in [0.05, 0.1) is 18.2 Å². The Morgan fingerprint density at radius 2 is 2.16 bits per heavy atom. The fourth-order valence-electron chi connectivity index (χ4n) is 2.47. The smallest absolute Gasteiger partial charge is 0.337 e. The van der Waals surface area contributed by atoms with E-state index in [2.05, 4.69) is 40.0 Å². The lowest BCUT2D eigenvalue weighted by Crippen LogP contribution is -2.50. The number of hydrogen-bond donors (Lipinski definition) is 2. The van der Waals surface area contributed by atoms with Crippen LogP contribution in [0.1, 0.15) is 34.1 Å². The lowest BCUT2D eigenvalue weighted by molar-refractivity contribution is -0.139. The first-order valence-electron chi connectivity index (χ1n) is 8.32. The minimum absolute atomic E-state index is 0.278. The molecular formula is C15H24N6O3S. The Morgan fingerprint density at radius 3 is 2.80 bits per heavy atom. The number of tetrazole rings is 1. The Kier molecular flexibility index (Phi) is 6.80. The number of nitrogens with zero attached hydrogens (tertiary/aromatic N) is 4. The number of ether oxygens (including phenoxy) is 1. The molecule has 2 N–H and O–H groups in total. The Balaban J connectivity index is 2.21. The summed E-state index contributed by atoms with van der Waals surface area (Å²) in [5, 5.41) is 17.8. The fourth-order valence-corrected chi connectivity index (χ4v) is 3.33. The molecule has 0 spiro atoms. The summed E-state index contributed by atoms with van der Waals surface area (Å²) in [6.07, 6.45) is 0.598. The molecule has 1 aliphatic rings. The summed E-state index contributed by atoms with van der Waals surface area (Å²) in [5.74, 6) is 0.357. The highest BCUT2D eigenvalue weighted by Gasteiger charge is 2.31. The van der Waals surface area contributed by atoms with Gasteiger partial charge in [0.15, 0.2) is 0 Å². The van der Waals surface area contributed by atoms with Crippen molar-refractivity contribution < 1.29 is 14.3 Å². The van der Waals surface area contributed by atoms with Crippen molar-refractivity contribution in [2.75, 3.05) is 12.4 Å². The number of rotatable bonds is 8. The van der Waals surface area contributed by atoms with Crippen LogP contribution in [0.5, 0.6) is 0 Å². The number of amides is 2. The van der Waals surface area contributed by atoms with E-state index < -0.39 is 5.97 Å². The molecule has 2 rings (SSSR count). The van der Waals surface area contributed by atoms with Crippen molar-refractivity contribution in [3.63, 3.8) is 0 Å². The normalized spacial score (nSPS) is 17.5. The van der Waals surface area contributed by atoms with E-state index in [0.29, 0.717) is 41.1 Å². The molecule has 0 fully saturated rings. The van der Waals surface area contributed by atoms with E-state index in [1.54, 1.807) is 11.6 Å². The van der Waals surface area contributed by atoms with Crippen LogP contribution in [0, 0.1) is 5.92 Å². The minimum Gasteiger partial charge on any atom is -0.463 e. The topological polar surface area (TPSA) is 111 Å². The second kappa shape index (κ2) is 8.84. The van der Waals surface area contributed by atoms with Crippen LogP contribution in [0.15, 0.2) is 16.4 Å². The van der Waals surface area contributed by atoms with Crippen LogP contribution < -0.4 is 10.6 Å². The SMILES string of the molecule is CCOC(=O)C1=C(CSc2nnnn2CC(C)C)NC(=O)NC1CC. The molecule has 0 aliphatic carbocycles. The number of carbonyl (C=O) groups excluding carboxylic acids is 2. The highest BCUT2D eigenvalue weighted by Crippen LogP contribution is 2.23. The quantitative estimate of drug-likeness (QED) is 0.526. The molecule has 1 aliphatic heterocycles. The predicted molar refractivity (Wildman–Crippen MR) is 92.8 cm³/mol. The zero-order valence-corrected chi connectivity index (χ0v) is 15.7. The first-order valence-corrected chi connectivity index (χ1v) is 9.31. The van der Waals surface area contributed by atoms with Gasteiger partial charge in [-0.3, -0.25) is 0 Å². The molecular weight excluding hydrogens is 344 g/mol. The number of aromatic nitrogens is 4. The molecule has 0 radical (unpaired) electrons. The van der Waals surface area contributed by atoms with Crippen LogP contribution in [0.4, 0.5) is 4.79 Å². The minimum atomic E-state index is -0.417. The third-order valence-corrected chi connectivity index (χ3v) is 4.51. The van der Waals surface area contributed by atoms with Crippen LogP contribution in [0.2, 0.25) is 0 Å². The van der Waals surface area contributed by atoms with Crippen molar-refractivity contribution in [1.82, 2.24) is 30.8 Å². The number of esters is 1. The molecule has 1 aromatic heterocycles. The second-order valence-corrected chi connectivity index (χ2v) is 6.94. The zero-order valence-electron chi connectivity index (χ0n) is 14.9. The second-order valence-electron chi connectivity index (χ2n) is 6.00. The van der Waals surface area contributed by atoms with Crippen molar-refractivity contribution in [2.24, 2.45) is 5.92 Å². The summed E-state index contributed by atoms with van der Waals surface area (Å²) < 4.78 is 6.87. The van der Waals surface area contributed by atoms with E-state index in [-0.39, 0.29) is 18.7 Å². The first-order chi connectivity index (χ1) is 12.0. The summed E-state index contributed by atoms with van der Waals surface area (Å²) in [4.78, 5) is 24.2. The number of hydrogen-bond acceptors (Lipinski definition) is 7. The van der Waals surface area contributed by atoms with Gasteiger partial charge >= 0.3 is 12.0 Å². The van der Waals surface area contributed by atoms with Crippen molar-refractivity contribution in [3.05, 3.63) is 11.3 Å². The molecule has 138 valence electrons. The molecule has 0 saturated carbocycles. The van der Waals surface area contributed by atoms with E-state index in [0.717, 1.165) is 0 Å². The molecule has 9 nitrogen and oxygen atoms in total. The molecule has 2 amide bonds. The van der Waals surface area contributed by atoms with Crippen LogP contribution in [-0.4, -0.2) is 50.6 Å². The number of carbonyl (C=O) groups is 2. The molecule has 0 bridgehead atoms. The standard InChI is InChI=1S/C15H24N6O3S/c1-5-10-12(13(22)24-6-2)11(17-14(23)16-10)8-25-15-18-19-20-21(15)7-9(3)4/h9-10H,5-8H2,1-4H3,(H2,16,17,23). The molecule has 2 heterocycles. The summed E-state index contributed by atoms with van der Waals surface area (Å²) in [6, 6.07) is -0.688. The lowest BCUT2D eigenvalue weighted by Gasteiger charge is -2.28. The average Bonchev–Trinajstić information content (AvgIpc) is 2.98. The van der Waals surface area contributed by atoms with Gasteiger partial charge in [0.25, 0.3) is 0 Å². The van der Waals surface area contributed by atoms with Crippen molar-refractivity contribution in [2.45, 2.75) is 51.9 Å². The molecule has 0 saturated heterocycles. The number of nitrogens with one attached hydrogen (secondary N) is 2. The predicted octanol–water partition coefficient (Wildman–Crippen LogP) is 1.33. The summed E-state index contributed by atoms with van der Waals surface area (Å²) in [6.45, 7) is 8.79. The summed E-state index contributed by atoms with van der Waals surface area (Å²) in [5.41, 5.74) is 0.998. The van der Waals surface area contributed by atoms with Gasteiger partial charge in [-0.15, -0.1) is 5.10 Å². The van der Waals surface area contributed by atoms with Crippen molar-refractivity contribution in [3.8, 4) is 0 Å². The van der Waals surface area contributed by atoms with E-state index in [1.807, 2.05) is 6.92 Å². The average molecular weight is 368 g/mol. The van der Waals surface area contributed by atoms with E-state index >= 15 is 0 Å². The molecule has 25 heavy (non-hydrogen) atoms. The van der Waals surface area contributed by atoms with Crippen molar-refractivity contribution >= 4 is 23.8 Å². The zero-order chi connectivity index (χ0) is 18.4. The summed E-state index contributed by atoms with van der Waals surface area (Å²) >= 11 is 1.37. The third kappa shape index (κ3) is 4.94. The molecule has 0 aromatic carbocycles. The van der Waals surface area contributed by atoms with Gasteiger partial charge in [-0.1, -0.05) is 32.5 Å². The Hall–Kier alpha value is -2.10. The van der Waals surface area contributed by atoms with Gasteiger partial charge in [0, 0.05) is 18.0 Å². The van der Waals surface area contributed by atoms with Gasteiger partial charge in [-0.05, 0) is 29.7 Å². The Labute approximate surface area is 150 Å².